The molecule has 2 atom stereocenters. The van der Waals surface area contributed by atoms with Crippen molar-refractivity contribution in [1.29, 1.82) is 0 Å². The summed E-state index contributed by atoms with van der Waals surface area (Å²) in [5.74, 6) is 0.809. The summed E-state index contributed by atoms with van der Waals surface area (Å²) in [6.45, 7) is 10.1. The number of fused-ring (bicyclic) bond motifs is 1. The van der Waals surface area contributed by atoms with Crippen molar-refractivity contribution in [2.45, 2.75) is 59.0 Å². The SMILES string of the molecule is CC1Cc2c(sc(N)c2C(=O)OC(C)(C)C)C(C)C1. The summed E-state index contributed by atoms with van der Waals surface area (Å²) in [5.41, 5.74) is 7.33. The third kappa shape index (κ3) is 2.94. The molecule has 0 aromatic carbocycles. The molecule has 2 N–H and O–H groups in total. The second kappa shape index (κ2) is 4.82. The fourth-order valence-corrected chi connectivity index (χ4v) is 3.95. The van der Waals surface area contributed by atoms with Crippen LogP contribution in [0.25, 0.3) is 0 Å². The first-order chi connectivity index (χ1) is 8.69. The summed E-state index contributed by atoms with van der Waals surface area (Å²) in [6.07, 6.45) is 2.10. The van der Waals surface area contributed by atoms with Gasteiger partial charge in [0.1, 0.15) is 10.6 Å². The van der Waals surface area contributed by atoms with Gasteiger partial charge in [0.15, 0.2) is 0 Å². The highest BCUT2D eigenvalue weighted by Gasteiger charge is 2.32. The molecule has 1 aliphatic rings. The van der Waals surface area contributed by atoms with E-state index in [-0.39, 0.29) is 5.97 Å². The van der Waals surface area contributed by atoms with Gasteiger partial charge < -0.3 is 10.5 Å². The Kier molecular flexibility index (Phi) is 3.65. The van der Waals surface area contributed by atoms with Gasteiger partial charge in [0.2, 0.25) is 0 Å². The van der Waals surface area contributed by atoms with E-state index in [2.05, 4.69) is 13.8 Å². The third-order valence-electron chi connectivity index (χ3n) is 3.42. The van der Waals surface area contributed by atoms with Crippen molar-refractivity contribution >= 4 is 22.3 Å². The number of ether oxygens (including phenoxy) is 1. The average Bonchev–Trinajstić information content (AvgIpc) is 2.52. The highest BCUT2D eigenvalue weighted by Crippen LogP contribution is 2.44. The van der Waals surface area contributed by atoms with Crippen molar-refractivity contribution in [3.05, 3.63) is 16.0 Å². The van der Waals surface area contributed by atoms with Gasteiger partial charge in [0.05, 0.1) is 5.56 Å². The minimum atomic E-state index is -0.482. The van der Waals surface area contributed by atoms with Crippen LogP contribution in [0, 0.1) is 5.92 Å². The standard InChI is InChI=1S/C15H23NO2S/c1-8-6-9(2)12-10(7-8)11(13(16)19-12)14(17)18-15(3,4)5/h8-9H,6-7,16H2,1-5H3. The Hall–Kier alpha value is -1.03. The lowest BCUT2D eigenvalue weighted by atomic mass is 9.82. The van der Waals surface area contributed by atoms with Gasteiger partial charge in [-0.25, -0.2) is 4.79 Å². The van der Waals surface area contributed by atoms with Crippen LogP contribution in [0.2, 0.25) is 0 Å². The topological polar surface area (TPSA) is 52.3 Å². The lowest BCUT2D eigenvalue weighted by molar-refractivity contribution is 0.00697. The molecule has 19 heavy (non-hydrogen) atoms. The summed E-state index contributed by atoms with van der Waals surface area (Å²) in [5, 5.41) is 0.611. The Morgan fingerprint density at radius 2 is 2.00 bits per heavy atom. The maximum atomic E-state index is 12.3. The summed E-state index contributed by atoms with van der Waals surface area (Å²) < 4.78 is 5.49. The van der Waals surface area contributed by atoms with Gasteiger partial charge in [-0.2, -0.15) is 0 Å². The molecule has 0 saturated heterocycles. The number of esters is 1. The Morgan fingerprint density at radius 1 is 1.37 bits per heavy atom. The molecule has 0 bridgehead atoms. The zero-order valence-corrected chi connectivity index (χ0v) is 13.2. The Morgan fingerprint density at radius 3 is 2.58 bits per heavy atom. The monoisotopic (exact) mass is 281 g/mol. The van der Waals surface area contributed by atoms with E-state index in [0.717, 1.165) is 12.0 Å². The van der Waals surface area contributed by atoms with E-state index in [4.69, 9.17) is 10.5 Å². The van der Waals surface area contributed by atoms with E-state index in [1.54, 1.807) is 11.3 Å². The molecule has 0 amide bonds. The molecule has 1 aromatic heterocycles. The molecule has 0 spiro atoms. The van der Waals surface area contributed by atoms with E-state index in [9.17, 15) is 4.79 Å². The molecule has 0 saturated carbocycles. The predicted molar refractivity (Wildman–Crippen MR) is 79.8 cm³/mol. The number of anilines is 1. The number of thiophene rings is 1. The normalized spacial score (nSPS) is 23.0. The van der Waals surface area contributed by atoms with E-state index in [1.807, 2.05) is 20.8 Å². The number of rotatable bonds is 1. The Bertz CT molecular complexity index is 499. The van der Waals surface area contributed by atoms with Crippen molar-refractivity contribution in [3.8, 4) is 0 Å². The summed E-state index contributed by atoms with van der Waals surface area (Å²) in [6, 6.07) is 0. The molecule has 4 heteroatoms. The maximum Gasteiger partial charge on any atom is 0.341 e. The lowest BCUT2D eigenvalue weighted by Crippen LogP contribution is -2.25. The first-order valence-electron chi connectivity index (χ1n) is 6.83. The highest BCUT2D eigenvalue weighted by atomic mass is 32.1. The number of nitrogen functional groups attached to an aromatic ring is 1. The molecule has 2 rings (SSSR count). The number of hydrogen-bond donors (Lipinski definition) is 1. The predicted octanol–water partition coefficient (Wildman–Crippen LogP) is 3.97. The molecule has 0 fully saturated rings. The first-order valence-corrected chi connectivity index (χ1v) is 7.65. The summed E-state index contributed by atoms with van der Waals surface area (Å²) in [7, 11) is 0. The van der Waals surface area contributed by atoms with Crippen molar-refractivity contribution in [2.75, 3.05) is 5.73 Å². The van der Waals surface area contributed by atoms with Crippen LogP contribution in [0.15, 0.2) is 0 Å². The van der Waals surface area contributed by atoms with Crippen LogP contribution < -0.4 is 5.73 Å². The van der Waals surface area contributed by atoms with Crippen LogP contribution >= 0.6 is 11.3 Å². The number of hydrogen-bond acceptors (Lipinski definition) is 4. The molecule has 1 aromatic rings. The van der Waals surface area contributed by atoms with Crippen molar-refractivity contribution in [2.24, 2.45) is 5.92 Å². The van der Waals surface area contributed by atoms with Crippen LogP contribution in [0.4, 0.5) is 5.00 Å². The summed E-state index contributed by atoms with van der Waals surface area (Å²) >= 11 is 1.56. The molecule has 0 aliphatic heterocycles. The van der Waals surface area contributed by atoms with Crippen molar-refractivity contribution in [3.63, 3.8) is 0 Å². The Balaban J connectivity index is 2.39. The van der Waals surface area contributed by atoms with Gasteiger partial charge in [-0.15, -0.1) is 11.3 Å². The second-order valence-electron chi connectivity index (χ2n) is 6.63. The molecule has 2 unspecified atom stereocenters. The lowest BCUT2D eigenvalue weighted by Gasteiger charge is -2.25. The van der Waals surface area contributed by atoms with Crippen LogP contribution in [0.5, 0.6) is 0 Å². The smallest absolute Gasteiger partial charge is 0.341 e. The van der Waals surface area contributed by atoms with E-state index < -0.39 is 5.60 Å². The molecule has 106 valence electrons. The maximum absolute atomic E-state index is 12.3. The zero-order valence-electron chi connectivity index (χ0n) is 12.4. The van der Waals surface area contributed by atoms with E-state index >= 15 is 0 Å². The first kappa shape index (κ1) is 14.4. The molecule has 1 aliphatic carbocycles. The number of carbonyl (C=O) groups is 1. The Labute approximate surface area is 119 Å². The average molecular weight is 281 g/mol. The molecular formula is C15H23NO2S. The zero-order chi connectivity index (χ0) is 14.4. The second-order valence-corrected chi connectivity index (χ2v) is 7.72. The van der Waals surface area contributed by atoms with Gasteiger partial charge >= 0.3 is 5.97 Å². The molecule has 1 heterocycles. The fourth-order valence-electron chi connectivity index (χ4n) is 2.80. The van der Waals surface area contributed by atoms with E-state index in [0.29, 0.717) is 22.4 Å². The van der Waals surface area contributed by atoms with Gasteiger partial charge in [-0.05, 0) is 51.0 Å². The third-order valence-corrected chi connectivity index (χ3v) is 4.72. The summed E-state index contributed by atoms with van der Waals surface area (Å²) in [4.78, 5) is 13.6. The van der Waals surface area contributed by atoms with Gasteiger partial charge in [0.25, 0.3) is 0 Å². The highest BCUT2D eigenvalue weighted by molar-refractivity contribution is 7.16. The van der Waals surface area contributed by atoms with Crippen LogP contribution in [0.1, 0.15) is 67.8 Å². The van der Waals surface area contributed by atoms with E-state index in [1.165, 1.54) is 11.3 Å². The van der Waals surface area contributed by atoms with Crippen molar-refractivity contribution < 1.29 is 9.53 Å². The minimum absolute atomic E-state index is 0.274. The van der Waals surface area contributed by atoms with Gasteiger partial charge in [-0.1, -0.05) is 13.8 Å². The minimum Gasteiger partial charge on any atom is -0.456 e. The quantitative estimate of drug-likeness (QED) is 0.792. The van der Waals surface area contributed by atoms with Crippen LogP contribution in [-0.2, 0) is 11.2 Å². The molecular weight excluding hydrogens is 258 g/mol. The van der Waals surface area contributed by atoms with Crippen LogP contribution in [-0.4, -0.2) is 11.6 Å². The van der Waals surface area contributed by atoms with Crippen molar-refractivity contribution in [1.82, 2.24) is 0 Å². The van der Waals surface area contributed by atoms with Gasteiger partial charge in [0, 0.05) is 4.88 Å². The fraction of sp³-hybridized carbons (Fsp3) is 0.667. The number of nitrogens with two attached hydrogens (primary N) is 1. The molecule has 0 radical (unpaired) electrons. The van der Waals surface area contributed by atoms with Crippen LogP contribution in [0.3, 0.4) is 0 Å². The molecule has 3 nitrogen and oxygen atoms in total. The largest absolute Gasteiger partial charge is 0.456 e. The van der Waals surface area contributed by atoms with Gasteiger partial charge in [-0.3, -0.25) is 0 Å². The number of carbonyl (C=O) groups excluding carboxylic acids is 1.